The van der Waals surface area contributed by atoms with Gasteiger partial charge in [-0.1, -0.05) is 12.8 Å². The van der Waals surface area contributed by atoms with Crippen molar-refractivity contribution in [2.45, 2.75) is 70.1 Å². The highest BCUT2D eigenvalue weighted by Crippen LogP contribution is 2.32. The van der Waals surface area contributed by atoms with Crippen LogP contribution < -0.4 is 5.32 Å². The van der Waals surface area contributed by atoms with E-state index in [1.807, 2.05) is 0 Å². The van der Waals surface area contributed by atoms with Gasteiger partial charge in [-0.05, 0) is 44.4 Å². The zero-order valence-electron chi connectivity index (χ0n) is 16.1. The van der Waals surface area contributed by atoms with Gasteiger partial charge in [-0.15, -0.1) is 11.3 Å². The lowest BCUT2D eigenvalue weighted by Crippen LogP contribution is -2.39. The van der Waals surface area contributed by atoms with Crippen LogP contribution in [-0.4, -0.2) is 41.3 Å². The fourth-order valence-corrected chi connectivity index (χ4v) is 5.41. The first kappa shape index (κ1) is 18.9. The highest BCUT2D eigenvalue weighted by Gasteiger charge is 2.30. The van der Waals surface area contributed by atoms with Gasteiger partial charge < -0.3 is 10.2 Å². The van der Waals surface area contributed by atoms with Crippen LogP contribution in [-0.2, 0) is 16.0 Å². The van der Waals surface area contributed by atoms with Gasteiger partial charge in [-0.2, -0.15) is 0 Å². The van der Waals surface area contributed by atoms with Crippen LogP contribution in [0, 0.1) is 11.8 Å². The molecular weight excluding hydrogens is 358 g/mol. The molecule has 27 heavy (non-hydrogen) atoms. The third kappa shape index (κ3) is 5.09. The maximum absolute atomic E-state index is 12.7. The van der Waals surface area contributed by atoms with Crippen molar-refractivity contribution in [3.63, 3.8) is 0 Å². The topological polar surface area (TPSA) is 62.3 Å². The molecule has 2 heterocycles. The summed E-state index contributed by atoms with van der Waals surface area (Å²) >= 11 is 1.72. The average Bonchev–Trinajstić information content (AvgIpc) is 3.21. The third-order valence-corrected chi connectivity index (χ3v) is 7.32. The summed E-state index contributed by atoms with van der Waals surface area (Å²) in [6.45, 7) is 2.42. The predicted molar refractivity (Wildman–Crippen MR) is 107 cm³/mol. The Labute approximate surface area is 165 Å². The number of nitrogens with one attached hydrogen (secondary N) is 1. The number of carbonyl (C=O) groups excluding carboxylic acids is 2. The monoisotopic (exact) mass is 389 g/mol. The molecule has 148 valence electrons. The smallest absolute Gasteiger partial charge is 0.223 e. The minimum atomic E-state index is 0.203. The van der Waals surface area contributed by atoms with E-state index < -0.39 is 0 Å². The summed E-state index contributed by atoms with van der Waals surface area (Å²) in [4.78, 5) is 31.3. The summed E-state index contributed by atoms with van der Waals surface area (Å²) in [6.07, 6.45) is 10.9. The molecule has 1 N–H and O–H groups in total. The molecule has 1 aromatic heterocycles. The summed E-state index contributed by atoms with van der Waals surface area (Å²) in [7, 11) is 0. The molecular formula is C21H31N3O2S. The molecule has 2 aliphatic carbocycles. The molecule has 0 spiro atoms. The molecule has 1 atom stereocenters. The molecule has 1 aliphatic heterocycles. The molecule has 4 rings (SSSR count). The highest BCUT2D eigenvalue weighted by molar-refractivity contribution is 7.09. The Morgan fingerprint density at radius 2 is 1.96 bits per heavy atom. The molecule has 0 radical (unpaired) electrons. The SMILES string of the molecule is O=C(NCCc1csc([C@@H]2CCCN(C(=O)CC3CCCC3)C2)n1)C1CC1. The number of likely N-dealkylation sites (tertiary alicyclic amines) is 1. The molecule has 2 saturated carbocycles. The Morgan fingerprint density at radius 3 is 2.74 bits per heavy atom. The Hall–Kier alpha value is -1.43. The van der Waals surface area contributed by atoms with Crippen molar-refractivity contribution in [3.05, 3.63) is 16.1 Å². The van der Waals surface area contributed by atoms with Crippen LogP contribution >= 0.6 is 11.3 Å². The van der Waals surface area contributed by atoms with Crippen molar-refractivity contribution in [1.82, 2.24) is 15.2 Å². The standard InChI is InChI=1S/C21H31N3O2S/c25-19(12-15-4-1-2-5-15)24-11-3-6-17(13-24)21-23-18(14-27-21)9-10-22-20(26)16-7-8-16/h14-17H,1-13H2,(H,22,26)/t17-/m1/s1. The Balaban J connectivity index is 1.25. The number of aromatic nitrogens is 1. The number of hydrogen-bond donors (Lipinski definition) is 1. The molecule has 0 bridgehead atoms. The van der Waals surface area contributed by atoms with Gasteiger partial charge >= 0.3 is 0 Å². The third-order valence-electron chi connectivity index (χ3n) is 6.26. The molecule has 1 saturated heterocycles. The molecule has 2 amide bonds. The number of thiazole rings is 1. The maximum atomic E-state index is 12.7. The number of piperidine rings is 1. The van der Waals surface area contributed by atoms with E-state index in [1.165, 1.54) is 25.7 Å². The second kappa shape index (κ2) is 8.72. The normalized spacial score (nSPS) is 23.6. The van der Waals surface area contributed by atoms with E-state index in [4.69, 9.17) is 4.98 Å². The lowest BCUT2D eigenvalue weighted by molar-refractivity contribution is -0.133. The van der Waals surface area contributed by atoms with Crippen molar-refractivity contribution < 1.29 is 9.59 Å². The van der Waals surface area contributed by atoms with E-state index in [0.717, 1.165) is 62.3 Å². The van der Waals surface area contributed by atoms with E-state index in [9.17, 15) is 9.59 Å². The second-order valence-electron chi connectivity index (χ2n) is 8.53. The van der Waals surface area contributed by atoms with Gasteiger partial charge in [0.15, 0.2) is 0 Å². The number of carbonyl (C=O) groups is 2. The fraction of sp³-hybridized carbons (Fsp3) is 0.762. The summed E-state index contributed by atoms with van der Waals surface area (Å²) < 4.78 is 0. The van der Waals surface area contributed by atoms with Gasteiger partial charge in [-0.25, -0.2) is 4.98 Å². The highest BCUT2D eigenvalue weighted by atomic mass is 32.1. The van der Waals surface area contributed by atoms with Gasteiger partial charge in [0.05, 0.1) is 10.7 Å². The maximum Gasteiger partial charge on any atom is 0.223 e. The van der Waals surface area contributed by atoms with Gasteiger partial charge in [0.2, 0.25) is 11.8 Å². The quantitative estimate of drug-likeness (QED) is 0.776. The summed E-state index contributed by atoms with van der Waals surface area (Å²) in [5, 5.41) is 6.30. The zero-order chi connectivity index (χ0) is 18.6. The minimum absolute atomic E-state index is 0.203. The van der Waals surface area contributed by atoms with Crippen molar-refractivity contribution in [2.75, 3.05) is 19.6 Å². The number of rotatable bonds is 7. The Morgan fingerprint density at radius 1 is 1.15 bits per heavy atom. The van der Waals surface area contributed by atoms with Crippen LogP contribution in [0.15, 0.2) is 5.38 Å². The molecule has 3 fully saturated rings. The van der Waals surface area contributed by atoms with Crippen molar-refractivity contribution >= 4 is 23.2 Å². The van der Waals surface area contributed by atoms with Gasteiger partial charge in [-0.3, -0.25) is 9.59 Å². The summed E-state index contributed by atoms with van der Waals surface area (Å²) in [6, 6.07) is 0. The Bertz CT molecular complexity index is 664. The molecule has 6 heteroatoms. The number of amides is 2. The van der Waals surface area contributed by atoms with Gasteiger partial charge in [0, 0.05) is 49.7 Å². The lowest BCUT2D eigenvalue weighted by Gasteiger charge is -2.32. The number of nitrogens with zero attached hydrogens (tertiary/aromatic N) is 2. The predicted octanol–water partition coefficient (Wildman–Crippen LogP) is 3.50. The van der Waals surface area contributed by atoms with Gasteiger partial charge in [0.1, 0.15) is 0 Å². The summed E-state index contributed by atoms with van der Waals surface area (Å²) in [5.41, 5.74) is 1.07. The molecule has 0 unspecified atom stereocenters. The van der Waals surface area contributed by atoms with E-state index in [0.29, 0.717) is 24.3 Å². The first-order chi connectivity index (χ1) is 13.2. The van der Waals surface area contributed by atoms with E-state index in [-0.39, 0.29) is 11.8 Å². The van der Waals surface area contributed by atoms with Crippen LogP contribution in [0.4, 0.5) is 0 Å². The molecule has 0 aromatic carbocycles. The first-order valence-corrected chi connectivity index (χ1v) is 11.6. The van der Waals surface area contributed by atoms with Crippen LogP contribution in [0.25, 0.3) is 0 Å². The first-order valence-electron chi connectivity index (χ1n) is 10.7. The van der Waals surface area contributed by atoms with Crippen molar-refractivity contribution in [3.8, 4) is 0 Å². The van der Waals surface area contributed by atoms with E-state index >= 15 is 0 Å². The molecule has 3 aliphatic rings. The zero-order valence-corrected chi connectivity index (χ0v) is 16.9. The van der Waals surface area contributed by atoms with Crippen LogP contribution in [0.5, 0.6) is 0 Å². The van der Waals surface area contributed by atoms with E-state index in [2.05, 4.69) is 15.6 Å². The van der Waals surface area contributed by atoms with Crippen molar-refractivity contribution in [2.24, 2.45) is 11.8 Å². The minimum Gasteiger partial charge on any atom is -0.355 e. The average molecular weight is 390 g/mol. The number of hydrogen-bond acceptors (Lipinski definition) is 4. The van der Waals surface area contributed by atoms with Crippen LogP contribution in [0.2, 0.25) is 0 Å². The van der Waals surface area contributed by atoms with Crippen molar-refractivity contribution in [1.29, 1.82) is 0 Å². The van der Waals surface area contributed by atoms with Crippen LogP contribution in [0.3, 0.4) is 0 Å². The summed E-state index contributed by atoms with van der Waals surface area (Å²) in [5.74, 6) is 1.83. The molecule has 5 nitrogen and oxygen atoms in total. The van der Waals surface area contributed by atoms with Gasteiger partial charge in [0.25, 0.3) is 0 Å². The second-order valence-corrected chi connectivity index (χ2v) is 9.42. The largest absolute Gasteiger partial charge is 0.355 e. The Kier molecular flexibility index (Phi) is 6.11. The van der Waals surface area contributed by atoms with Crippen LogP contribution in [0.1, 0.15) is 74.4 Å². The lowest BCUT2D eigenvalue weighted by atomic mass is 9.97. The molecule has 1 aromatic rings. The fourth-order valence-electron chi connectivity index (χ4n) is 4.42. The van der Waals surface area contributed by atoms with E-state index in [1.54, 1.807) is 11.3 Å².